The van der Waals surface area contributed by atoms with E-state index in [1.165, 1.54) is 0 Å². The van der Waals surface area contributed by atoms with Crippen LogP contribution in [0.3, 0.4) is 0 Å². The van der Waals surface area contributed by atoms with Gasteiger partial charge >= 0.3 is 5.97 Å². The predicted molar refractivity (Wildman–Crippen MR) is 38.5 cm³/mol. The van der Waals surface area contributed by atoms with Crippen LogP contribution < -0.4 is 0 Å². The number of carbonyl (C=O) groups excluding carboxylic acids is 1. The summed E-state index contributed by atoms with van der Waals surface area (Å²) >= 11 is 0. The lowest BCUT2D eigenvalue weighted by molar-refractivity contribution is -0.145. The van der Waals surface area contributed by atoms with E-state index in [1.54, 1.807) is 6.92 Å². The van der Waals surface area contributed by atoms with Gasteiger partial charge in [0.05, 0.1) is 18.6 Å². The lowest BCUT2D eigenvalue weighted by Gasteiger charge is -1.97. The van der Waals surface area contributed by atoms with Crippen molar-refractivity contribution in [2.75, 3.05) is 6.61 Å². The summed E-state index contributed by atoms with van der Waals surface area (Å²) < 4.78 is 4.79. The van der Waals surface area contributed by atoms with Crippen LogP contribution in [-0.4, -0.2) is 12.6 Å². The number of esters is 1. The first-order valence-electron chi connectivity index (χ1n) is 3.83. The quantitative estimate of drug-likeness (QED) is 0.570. The number of hydrogen-bond acceptors (Lipinski definition) is 3. The monoisotopic (exact) mass is 153 g/mol. The highest BCUT2D eigenvalue weighted by molar-refractivity contribution is 5.75. The molecule has 1 aliphatic rings. The van der Waals surface area contributed by atoms with Crippen molar-refractivity contribution in [1.29, 1.82) is 5.26 Å². The Morgan fingerprint density at radius 1 is 1.82 bits per heavy atom. The lowest BCUT2D eigenvalue weighted by atomic mass is 10.2. The molecule has 0 spiro atoms. The molecule has 1 aliphatic carbocycles. The maximum absolute atomic E-state index is 11.0. The Bertz CT molecular complexity index is 195. The van der Waals surface area contributed by atoms with Crippen LogP contribution >= 0.6 is 0 Å². The molecule has 0 saturated heterocycles. The normalized spacial score (nSPS) is 27.3. The van der Waals surface area contributed by atoms with E-state index >= 15 is 0 Å². The maximum atomic E-state index is 11.0. The van der Waals surface area contributed by atoms with E-state index in [1.807, 2.05) is 6.07 Å². The second-order valence-electron chi connectivity index (χ2n) is 2.72. The molecule has 0 heterocycles. The molecule has 11 heavy (non-hydrogen) atoms. The molecule has 0 aromatic rings. The van der Waals surface area contributed by atoms with Gasteiger partial charge in [0.1, 0.15) is 0 Å². The first-order valence-corrected chi connectivity index (χ1v) is 3.83. The summed E-state index contributed by atoms with van der Waals surface area (Å²) in [7, 11) is 0. The maximum Gasteiger partial charge on any atom is 0.309 e. The van der Waals surface area contributed by atoms with E-state index in [0.717, 1.165) is 6.42 Å². The molecule has 0 aromatic carbocycles. The van der Waals surface area contributed by atoms with E-state index in [4.69, 9.17) is 10.00 Å². The Morgan fingerprint density at radius 2 is 2.55 bits per heavy atom. The smallest absolute Gasteiger partial charge is 0.309 e. The molecule has 1 fully saturated rings. The molecule has 3 heteroatoms. The molecule has 0 unspecified atom stereocenters. The Kier molecular flexibility index (Phi) is 2.48. The van der Waals surface area contributed by atoms with Gasteiger partial charge in [-0.2, -0.15) is 5.26 Å². The minimum absolute atomic E-state index is 0.0228. The predicted octanol–water partition coefficient (Wildman–Crippen LogP) is 1.10. The SMILES string of the molecule is CCOC(=O)[C@H]1C[C@H]1CC#N. The first kappa shape index (κ1) is 8.06. The van der Waals surface area contributed by atoms with Crippen molar-refractivity contribution in [2.24, 2.45) is 11.8 Å². The summed E-state index contributed by atoms with van der Waals surface area (Å²) in [6.07, 6.45) is 1.33. The molecule has 1 rings (SSSR count). The van der Waals surface area contributed by atoms with Gasteiger partial charge in [-0.3, -0.25) is 4.79 Å². The van der Waals surface area contributed by atoms with Crippen LogP contribution in [0.2, 0.25) is 0 Å². The fourth-order valence-electron chi connectivity index (χ4n) is 1.13. The highest BCUT2D eigenvalue weighted by Crippen LogP contribution is 2.41. The molecule has 0 aliphatic heterocycles. The van der Waals surface area contributed by atoms with Crippen LogP contribution in [-0.2, 0) is 9.53 Å². The Morgan fingerprint density at radius 3 is 3.09 bits per heavy atom. The highest BCUT2D eigenvalue weighted by atomic mass is 16.5. The number of nitriles is 1. The number of nitrogens with zero attached hydrogens (tertiary/aromatic N) is 1. The second-order valence-corrected chi connectivity index (χ2v) is 2.72. The molecule has 0 N–H and O–H groups in total. The number of hydrogen-bond donors (Lipinski definition) is 0. The third-order valence-corrected chi connectivity index (χ3v) is 1.87. The van der Waals surface area contributed by atoms with Gasteiger partial charge in [-0.1, -0.05) is 0 Å². The van der Waals surface area contributed by atoms with Crippen LogP contribution in [0, 0.1) is 23.2 Å². The average Bonchev–Trinajstić information content (AvgIpc) is 2.69. The third-order valence-electron chi connectivity index (χ3n) is 1.87. The van der Waals surface area contributed by atoms with Crippen molar-refractivity contribution >= 4 is 5.97 Å². The summed E-state index contributed by atoms with van der Waals surface area (Å²) in [5.41, 5.74) is 0. The molecule has 1 saturated carbocycles. The minimum Gasteiger partial charge on any atom is -0.466 e. The van der Waals surface area contributed by atoms with Crippen LogP contribution in [0.5, 0.6) is 0 Å². The zero-order valence-corrected chi connectivity index (χ0v) is 6.54. The first-order chi connectivity index (χ1) is 5.29. The molecular formula is C8H11NO2. The topological polar surface area (TPSA) is 50.1 Å². The summed E-state index contributed by atoms with van der Waals surface area (Å²) in [5.74, 6) is 0.168. The largest absolute Gasteiger partial charge is 0.466 e. The molecule has 0 aromatic heterocycles. The van der Waals surface area contributed by atoms with Crippen molar-refractivity contribution in [3.05, 3.63) is 0 Å². The number of carbonyl (C=O) groups is 1. The summed E-state index contributed by atoms with van der Waals surface area (Å²) in [4.78, 5) is 11.0. The molecule has 2 atom stereocenters. The van der Waals surface area contributed by atoms with Crippen molar-refractivity contribution in [3.63, 3.8) is 0 Å². The Balaban J connectivity index is 2.22. The molecular weight excluding hydrogens is 142 g/mol. The van der Waals surface area contributed by atoms with Gasteiger partial charge in [0.25, 0.3) is 0 Å². The van der Waals surface area contributed by atoms with E-state index < -0.39 is 0 Å². The van der Waals surface area contributed by atoms with Gasteiger partial charge in [0, 0.05) is 6.42 Å². The molecule has 3 nitrogen and oxygen atoms in total. The Hall–Kier alpha value is -1.04. The number of rotatable bonds is 3. The van der Waals surface area contributed by atoms with E-state index in [9.17, 15) is 4.79 Å². The minimum atomic E-state index is -0.132. The van der Waals surface area contributed by atoms with Gasteiger partial charge in [0.15, 0.2) is 0 Å². The number of ether oxygens (including phenoxy) is 1. The van der Waals surface area contributed by atoms with Gasteiger partial charge < -0.3 is 4.74 Å². The van der Waals surface area contributed by atoms with E-state index in [-0.39, 0.29) is 17.8 Å². The third kappa shape index (κ3) is 1.94. The van der Waals surface area contributed by atoms with Crippen LogP contribution in [0.25, 0.3) is 0 Å². The van der Waals surface area contributed by atoms with Crippen molar-refractivity contribution in [1.82, 2.24) is 0 Å². The zero-order chi connectivity index (χ0) is 8.27. The van der Waals surface area contributed by atoms with Crippen molar-refractivity contribution in [3.8, 4) is 6.07 Å². The van der Waals surface area contributed by atoms with Crippen molar-refractivity contribution in [2.45, 2.75) is 19.8 Å². The van der Waals surface area contributed by atoms with E-state index in [0.29, 0.717) is 13.0 Å². The van der Waals surface area contributed by atoms with Crippen LogP contribution in [0.15, 0.2) is 0 Å². The van der Waals surface area contributed by atoms with Gasteiger partial charge in [-0.15, -0.1) is 0 Å². The van der Waals surface area contributed by atoms with Gasteiger partial charge in [-0.25, -0.2) is 0 Å². The fraction of sp³-hybridized carbons (Fsp3) is 0.750. The molecule has 0 bridgehead atoms. The molecule has 0 radical (unpaired) electrons. The lowest BCUT2D eigenvalue weighted by Crippen LogP contribution is -2.07. The average molecular weight is 153 g/mol. The zero-order valence-electron chi connectivity index (χ0n) is 6.54. The standard InChI is InChI=1S/C8H11NO2/c1-2-11-8(10)7-5-6(7)3-4-9/h6-7H,2-3,5H2,1H3/t6-,7+/m1/s1. The summed E-state index contributed by atoms with van der Waals surface area (Å²) in [6, 6.07) is 2.05. The van der Waals surface area contributed by atoms with Gasteiger partial charge in [0.2, 0.25) is 0 Å². The van der Waals surface area contributed by atoms with Crippen molar-refractivity contribution < 1.29 is 9.53 Å². The molecule has 60 valence electrons. The van der Waals surface area contributed by atoms with Crippen LogP contribution in [0.4, 0.5) is 0 Å². The summed E-state index contributed by atoms with van der Waals surface area (Å²) in [6.45, 7) is 2.23. The second kappa shape index (κ2) is 3.38. The highest BCUT2D eigenvalue weighted by Gasteiger charge is 2.43. The molecule has 0 amide bonds. The Labute approximate surface area is 66.0 Å². The van der Waals surface area contributed by atoms with E-state index in [2.05, 4.69) is 0 Å². The van der Waals surface area contributed by atoms with Crippen LogP contribution in [0.1, 0.15) is 19.8 Å². The fourth-order valence-corrected chi connectivity index (χ4v) is 1.13. The van der Waals surface area contributed by atoms with Gasteiger partial charge in [-0.05, 0) is 19.3 Å². The summed E-state index contributed by atoms with van der Waals surface area (Å²) in [5, 5.41) is 8.30.